The van der Waals surface area contributed by atoms with Crippen molar-refractivity contribution in [2.75, 3.05) is 18.4 Å². The Morgan fingerprint density at radius 3 is 3.00 bits per heavy atom. The van der Waals surface area contributed by atoms with Crippen LogP contribution in [0.2, 0.25) is 0 Å². The summed E-state index contributed by atoms with van der Waals surface area (Å²) in [4.78, 5) is 11.2. The van der Waals surface area contributed by atoms with Gasteiger partial charge < -0.3 is 15.4 Å². The zero-order valence-electron chi connectivity index (χ0n) is 10.1. The molecule has 0 spiro atoms. The molecule has 1 aromatic carbocycles. The molecule has 17 heavy (non-hydrogen) atoms. The summed E-state index contributed by atoms with van der Waals surface area (Å²) in [5.74, 6) is 0.0875. The number of carbonyl (C=O) groups excluding carboxylic acids is 1. The number of fused-ring (bicyclic) bond motifs is 1. The molecular weight excluding hydrogens is 216 g/mol. The zero-order valence-corrected chi connectivity index (χ0v) is 10.1. The minimum Gasteiger partial charge on any atom is -0.385 e. The van der Waals surface area contributed by atoms with Gasteiger partial charge in [0.05, 0.1) is 13.2 Å². The fourth-order valence-corrected chi connectivity index (χ4v) is 1.89. The van der Waals surface area contributed by atoms with E-state index in [0.29, 0.717) is 32.7 Å². The number of rotatable bonds is 5. The lowest BCUT2D eigenvalue weighted by Gasteiger charge is -2.07. The van der Waals surface area contributed by atoms with Crippen molar-refractivity contribution in [3.8, 4) is 0 Å². The van der Waals surface area contributed by atoms with Crippen molar-refractivity contribution < 1.29 is 9.53 Å². The Labute approximate surface area is 101 Å². The maximum Gasteiger partial charge on any atom is 0.221 e. The van der Waals surface area contributed by atoms with E-state index in [2.05, 4.69) is 22.8 Å². The van der Waals surface area contributed by atoms with Crippen LogP contribution in [-0.2, 0) is 22.7 Å². The Balaban J connectivity index is 1.81. The van der Waals surface area contributed by atoms with Crippen LogP contribution in [0.25, 0.3) is 0 Å². The number of amides is 1. The monoisotopic (exact) mass is 234 g/mol. The molecule has 0 atom stereocenters. The molecule has 92 valence electrons. The largest absolute Gasteiger partial charge is 0.385 e. The van der Waals surface area contributed by atoms with Crippen LogP contribution < -0.4 is 10.6 Å². The van der Waals surface area contributed by atoms with Crippen molar-refractivity contribution in [3.05, 3.63) is 29.3 Å². The van der Waals surface area contributed by atoms with Crippen molar-refractivity contribution in [2.24, 2.45) is 0 Å². The van der Waals surface area contributed by atoms with Crippen molar-refractivity contribution in [1.29, 1.82) is 0 Å². The number of anilines is 1. The van der Waals surface area contributed by atoms with E-state index >= 15 is 0 Å². The van der Waals surface area contributed by atoms with E-state index in [4.69, 9.17) is 4.74 Å². The van der Waals surface area contributed by atoms with Gasteiger partial charge in [-0.3, -0.25) is 4.79 Å². The minimum atomic E-state index is 0.0875. The number of nitrogens with one attached hydrogen (secondary N) is 2. The first-order valence-electron chi connectivity index (χ1n) is 5.99. The van der Waals surface area contributed by atoms with Gasteiger partial charge in [-0.1, -0.05) is 6.07 Å². The molecule has 4 nitrogen and oxygen atoms in total. The molecule has 0 saturated carbocycles. The van der Waals surface area contributed by atoms with Gasteiger partial charge in [0.25, 0.3) is 0 Å². The predicted molar refractivity (Wildman–Crippen MR) is 66.7 cm³/mol. The first-order valence-corrected chi connectivity index (χ1v) is 5.99. The van der Waals surface area contributed by atoms with Gasteiger partial charge in [-0.25, -0.2) is 0 Å². The number of carbonyl (C=O) groups is 1. The average molecular weight is 234 g/mol. The highest BCUT2D eigenvalue weighted by molar-refractivity contribution is 5.76. The summed E-state index contributed by atoms with van der Waals surface area (Å²) in [5, 5.41) is 6.02. The van der Waals surface area contributed by atoms with Gasteiger partial charge in [-0.2, -0.15) is 0 Å². The molecule has 0 bridgehead atoms. The summed E-state index contributed by atoms with van der Waals surface area (Å²) in [6.07, 6.45) is 0.501. The van der Waals surface area contributed by atoms with E-state index in [1.807, 2.05) is 13.0 Å². The number of hydrogen-bond donors (Lipinski definition) is 2. The standard InChI is InChI=1S/C13H18N2O2/c1-2-14-13(16)5-6-15-12-4-3-10-8-17-9-11(10)7-12/h3-4,7,15H,2,5-6,8-9H2,1H3,(H,14,16). The molecule has 4 heteroatoms. The van der Waals surface area contributed by atoms with Gasteiger partial charge >= 0.3 is 0 Å². The van der Waals surface area contributed by atoms with Gasteiger partial charge in [-0.15, -0.1) is 0 Å². The molecule has 1 aromatic rings. The van der Waals surface area contributed by atoms with E-state index in [0.717, 1.165) is 5.69 Å². The highest BCUT2D eigenvalue weighted by Gasteiger charge is 2.10. The first-order chi connectivity index (χ1) is 8.29. The molecule has 2 rings (SSSR count). The van der Waals surface area contributed by atoms with Gasteiger partial charge in [0.1, 0.15) is 0 Å². The van der Waals surface area contributed by atoms with Crippen molar-refractivity contribution in [3.63, 3.8) is 0 Å². The molecule has 0 radical (unpaired) electrons. The van der Waals surface area contributed by atoms with Crippen LogP contribution in [-0.4, -0.2) is 19.0 Å². The third-order valence-corrected chi connectivity index (χ3v) is 2.78. The second kappa shape index (κ2) is 5.68. The topological polar surface area (TPSA) is 50.4 Å². The molecule has 0 aliphatic carbocycles. The van der Waals surface area contributed by atoms with Crippen LogP contribution in [0, 0.1) is 0 Å². The molecule has 1 aliphatic rings. The fraction of sp³-hybridized carbons (Fsp3) is 0.462. The molecular formula is C13H18N2O2. The SMILES string of the molecule is CCNC(=O)CCNc1ccc2c(c1)COC2. The van der Waals surface area contributed by atoms with Crippen molar-refractivity contribution in [2.45, 2.75) is 26.6 Å². The van der Waals surface area contributed by atoms with Crippen molar-refractivity contribution >= 4 is 11.6 Å². The molecule has 0 fully saturated rings. The summed E-state index contributed by atoms with van der Waals surface area (Å²) in [6.45, 7) is 4.68. The van der Waals surface area contributed by atoms with Gasteiger partial charge in [-0.05, 0) is 30.2 Å². The van der Waals surface area contributed by atoms with Gasteiger partial charge in [0, 0.05) is 25.2 Å². The fourth-order valence-electron chi connectivity index (χ4n) is 1.89. The highest BCUT2D eigenvalue weighted by Crippen LogP contribution is 2.22. The first kappa shape index (κ1) is 11.9. The Bertz CT molecular complexity index is 404. The van der Waals surface area contributed by atoms with Crippen LogP contribution in [0.1, 0.15) is 24.5 Å². The Hall–Kier alpha value is -1.55. The van der Waals surface area contributed by atoms with Crippen LogP contribution in [0.4, 0.5) is 5.69 Å². The number of hydrogen-bond acceptors (Lipinski definition) is 3. The molecule has 1 heterocycles. The molecule has 2 N–H and O–H groups in total. The molecule has 1 aliphatic heterocycles. The molecule has 0 unspecified atom stereocenters. The molecule has 1 amide bonds. The predicted octanol–water partition coefficient (Wildman–Crippen LogP) is 1.65. The van der Waals surface area contributed by atoms with Gasteiger partial charge in [0.2, 0.25) is 5.91 Å². The maximum atomic E-state index is 11.2. The number of benzene rings is 1. The van der Waals surface area contributed by atoms with Crippen LogP contribution in [0.5, 0.6) is 0 Å². The highest BCUT2D eigenvalue weighted by atomic mass is 16.5. The lowest BCUT2D eigenvalue weighted by Crippen LogP contribution is -2.24. The van der Waals surface area contributed by atoms with Crippen LogP contribution in [0.15, 0.2) is 18.2 Å². The van der Waals surface area contributed by atoms with Crippen molar-refractivity contribution in [1.82, 2.24) is 5.32 Å². The Morgan fingerprint density at radius 2 is 2.18 bits per heavy atom. The molecule has 0 aromatic heterocycles. The number of ether oxygens (including phenoxy) is 1. The third-order valence-electron chi connectivity index (χ3n) is 2.78. The quantitative estimate of drug-likeness (QED) is 0.814. The Kier molecular flexibility index (Phi) is 3.98. The lowest BCUT2D eigenvalue weighted by atomic mass is 10.1. The summed E-state index contributed by atoms with van der Waals surface area (Å²) in [6, 6.07) is 6.21. The lowest BCUT2D eigenvalue weighted by molar-refractivity contribution is -0.120. The second-order valence-electron chi connectivity index (χ2n) is 4.11. The average Bonchev–Trinajstić information content (AvgIpc) is 2.76. The zero-order chi connectivity index (χ0) is 12.1. The Morgan fingerprint density at radius 1 is 1.35 bits per heavy atom. The van der Waals surface area contributed by atoms with Gasteiger partial charge in [0.15, 0.2) is 0 Å². The second-order valence-corrected chi connectivity index (χ2v) is 4.11. The normalized spacial score (nSPS) is 13.2. The molecule has 0 saturated heterocycles. The maximum absolute atomic E-state index is 11.2. The summed E-state index contributed by atoms with van der Waals surface area (Å²) in [7, 11) is 0. The van der Waals surface area contributed by atoms with E-state index in [-0.39, 0.29) is 5.91 Å². The summed E-state index contributed by atoms with van der Waals surface area (Å²) < 4.78 is 5.35. The van der Waals surface area contributed by atoms with E-state index in [1.54, 1.807) is 0 Å². The van der Waals surface area contributed by atoms with E-state index in [1.165, 1.54) is 11.1 Å². The summed E-state index contributed by atoms with van der Waals surface area (Å²) >= 11 is 0. The third kappa shape index (κ3) is 3.20. The smallest absolute Gasteiger partial charge is 0.221 e. The summed E-state index contributed by atoms with van der Waals surface area (Å²) in [5.41, 5.74) is 3.56. The van der Waals surface area contributed by atoms with Crippen LogP contribution >= 0.6 is 0 Å². The van der Waals surface area contributed by atoms with Crippen LogP contribution in [0.3, 0.4) is 0 Å². The van der Waals surface area contributed by atoms with E-state index < -0.39 is 0 Å². The van der Waals surface area contributed by atoms with E-state index in [9.17, 15) is 4.79 Å². The minimum absolute atomic E-state index is 0.0875.